The Morgan fingerprint density at radius 2 is 1.72 bits per heavy atom. The Labute approximate surface area is 147 Å². The summed E-state index contributed by atoms with van der Waals surface area (Å²) >= 11 is 0. The molecule has 2 aromatic carbocycles. The van der Waals surface area contributed by atoms with E-state index in [4.69, 9.17) is 10.5 Å². The van der Waals surface area contributed by atoms with E-state index in [1.54, 1.807) is 36.4 Å². The van der Waals surface area contributed by atoms with Crippen molar-refractivity contribution in [2.45, 2.75) is 26.3 Å². The lowest BCUT2D eigenvalue weighted by atomic mass is 10.1. The van der Waals surface area contributed by atoms with Gasteiger partial charge in [-0.3, -0.25) is 4.79 Å². The average molecular weight is 341 g/mol. The molecule has 0 aromatic heterocycles. The van der Waals surface area contributed by atoms with Crippen LogP contribution in [0.5, 0.6) is 5.75 Å². The number of carbonyl (C=O) groups is 2. The number of hydrogen-bond acceptors (Lipinski definition) is 3. The minimum atomic E-state index is -0.608. The molecule has 4 N–H and O–H groups in total. The summed E-state index contributed by atoms with van der Waals surface area (Å²) in [5, 5.41) is 5.34. The number of nitrogens with two attached hydrogens (primary N) is 1. The van der Waals surface area contributed by atoms with Crippen molar-refractivity contribution in [3.8, 4) is 5.75 Å². The van der Waals surface area contributed by atoms with Crippen LogP contribution < -0.4 is 21.1 Å². The first-order valence-corrected chi connectivity index (χ1v) is 8.25. The molecule has 0 aliphatic carbocycles. The van der Waals surface area contributed by atoms with Crippen molar-refractivity contribution in [3.05, 3.63) is 59.7 Å². The Hall–Kier alpha value is -3.02. The molecule has 3 amide bonds. The maximum absolute atomic E-state index is 12.2. The molecule has 0 bridgehead atoms. The van der Waals surface area contributed by atoms with Crippen LogP contribution in [0.3, 0.4) is 0 Å². The predicted molar refractivity (Wildman–Crippen MR) is 97.7 cm³/mol. The number of anilines is 1. The fourth-order valence-corrected chi connectivity index (χ4v) is 2.17. The number of nitrogens with one attached hydrogen (secondary N) is 2. The van der Waals surface area contributed by atoms with Gasteiger partial charge < -0.3 is 21.1 Å². The smallest absolute Gasteiger partial charge is 0.316 e. The van der Waals surface area contributed by atoms with E-state index in [2.05, 4.69) is 17.6 Å². The van der Waals surface area contributed by atoms with Gasteiger partial charge >= 0.3 is 6.03 Å². The molecule has 0 fully saturated rings. The van der Waals surface area contributed by atoms with E-state index in [0.29, 0.717) is 24.4 Å². The number of primary amides is 1. The van der Waals surface area contributed by atoms with Crippen LogP contribution in [-0.2, 0) is 6.54 Å². The van der Waals surface area contributed by atoms with Gasteiger partial charge in [-0.15, -0.1) is 0 Å². The van der Waals surface area contributed by atoms with E-state index in [-0.39, 0.29) is 5.91 Å². The highest BCUT2D eigenvalue weighted by molar-refractivity contribution is 5.94. The molecule has 6 nitrogen and oxygen atoms in total. The van der Waals surface area contributed by atoms with Crippen molar-refractivity contribution >= 4 is 17.6 Å². The summed E-state index contributed by atoms with van der Waals surface area (Å²) in [5.74, 6) is 0.613. The normalized spacial score (nSPS) is 10.1. The van der Waals surface area contributed by atoms with Crippen molar-refractivity contribution in [1.29, 1.82) is 0 Å². The van der Waals surface area contributed by atoms with Crippen LogP contribution in [-0.4, -0.2) is 18.5 Å². The predicted octanol–water partition coefficient (Wildman–Crippen LogP) is 3.29. The first kappa shape index (κ1) is 18.3. The van der Waals surface area contributed by atoms with Crippen LogP contribution >= 0.6 is 0 Å². The first-order chi connectivity index (χ1) is 12.1. The molecular formula is C19H23N3O3. The number of rotatable bonds is 8. The van der Waals surface area contributed by atoms with Crippen LogP contribution in [0, 0.1) is 0 Å². The van der Waals surface area contributed by atoms with Gasteiger partial charge in [0, 0.05) is 17.8 Å². The highest BCUT2D eigenvalue weighted by Crippen LogP contribution is 2.13. The van der Waals surface area contributed by atoms with Gasteiger partial charge in [0.25, 0.3) is 5.91 Å². The van der Waals surface area contributed by atoms with Gasteiger partial charge in [0.1, 0.15) is 5.75 Å². The fourth-order valence-electron chi connectivity index (χ4n) is 2.17. The molecule has 0 radical (unpaired) electrons. The van der Waals surface area contributed by atoms with Gasteiger partial charge in [-0.1, -0.05) is 25.5 Å². The summed E-state index contributed by atoms with van der Waals surface area (Å²) in [4.78, 5) is 22.9. The standard InChI is InChI=1S/C19H23N3O3/c1-2-3-12-25-17-10-6-15(7-11-17)18(23)21-13-14-4-8-16(9-5-14)22-19(20)24/h4-11H,2-3,12-13H2,1H3,(H,21,23)(H3,20,22,24). The summed E-state index contributed by atoms with van der Waals surface area (Å²) < 4.78 is 5.58. The van der Waals surface area contributed by atoms with Crippen LogP contribution in [0.25, 0.3) is 0 Å². The zero-order chi connectivity index (χ0) is 18.1. The lowest BCUT2D eigenvalue weighted by Gasteiger charge is -2.08. The zero-order valence-electron chi connectivity index (χ0n) is 14.2. The number of hydrogen-bond donors (Lipinski definition) is 3. The van der Waals surface area contributed by atoms with E-state index in [1.807, 2.05) is 12.1 Å². The van der Waals surface area contributed by atoms with Crippen molar-refractivity contribution in [3.63, 3.8) is 0 Å². The van der Waals surface area contributed by atoms with E-state index < -0.39 is 6.03 Å². The molecule has 0 unspecified atom stereocenters. The molecule has 0 aliphatic rings. The minimum absolute atomic E-state index is 0.153. The minimum Gasteiger partial charge on any atom is -0.494 e. The monoisotopic (exact) mass is 341 g/mol. The molecule has 2 aromatic rings. The summed E-state index contributed by atoms with van der Waals surface area (Å²) in [6, 6.07) is 13.6. The maximum atomic E-state index is 12.2. The number of carbonyl (C=O) groups excluding carboxylic acids is 2. The third-order valence-corrected chi connectivity index (χ3v) is 3.56. The van der Waals surface area contributed by atoms with Crippen molar-refractivity contribution < 1.29 is 14.3 Å². The third-order valence-electron chi connectivity index (χ3n) is 3.56. The van der Waals surface area contributed by atoms with E-state index in [9.17, 15) is 9.59 Å². The van der Waals surface area contributed by atoms with Gasteiger partial charge in [-0.25, -0.2) is 4.79 Å². The maximum Gasteiger partial charge on any atom is 0.316 e. The average Bonchev–Trinajstić information content (AvgIpc) is 2.61. The Balaban J connectivity index is 1.84. The molecule has 0 aliphatic heterocycles. The number of unbranched alkanes of at least 4 members (excludes halogenated alkanes) is 1. The molecule has 0 saturated carbocycles. The van der Waals surface area contributed by atoms with Crippen LogP contribution in [0.1, 0.15) is 35.7 Å². The number of amides is 3. The molecule has 0 saturated heterocycles. The lowest BCUT2D eigenvalue weighted by Crippen LogP contribution is -2.22. The van der Waals surface area contributed by atoms with Crippen LogP contribution in [0.4, 0.5) is 10.5 Å². The molecule has 25 heavy (non-hydrogen) atoms. The van der Waals surface area contributed by atoms with E-state index in [0.717, 1.165) is 24.2 Å². The molecule has 0 atom stereocenters. The summed E-state index contributed by atoms with van der Waals surface area (Å²) in [5.41, 5.74) is 7.16. The SMILES string of the molecule is CCCCOc1ccc(C(=O)NCc2ccc(NC(N)=O)cc2)cc1. The van der Waals surface area contributed by atoms with Gasteiger partial charge in [0.15, 0.2) is 0 Å². The Bertz CT molecular complexity index is 697. The zero-order valence-corrected chi connectivity index (χ0v) is 14.2. The van der Waals surface area contributed by atoms with Crippen molar-refractivity contribution in [2.24, 2.45) is 5.73 Å². The lowest BCUT2D eigenvalue weighted by molar-refractivity contribution is 0.0951. The van der Waals surface area contributed by atoms with Crippen molar-refractivity contribution in [1.82, 2.24) is 5.32 Å². The second-order valence-electron chi connectivity index (χ2n) is 5.60. The van der Waals surface area contributed by atoms with E-state index in [1.165, 1.54) is 0 Å². The Morgan fingerprint density at radius 3 is 2.32 bits per heavy atom. The number of urea groups is 1. The Morgan fingerprint density at radius 1 is 1.04 bits per heavy atom. The topological polar surface area (TPSA) is 93.4 Å². The highest BCUT2D eigenvalue weighted by Gasteiger charge is 2.06. The number of benzene rings is 2. The van der Waals surface area contributed by atoms with Gasteiger partial charge in [0.05, 0.1) is 6.61 Å². The highest BCUT2D eigenvalue weighted by atomic mass is 16.5. The summed E-state index contributed by atoms with van der Waals surface area (Å²) in [6.07, 6.45) is 2.09. The Kier molecular flexibility index (Phi) is 6.83. The van der Waals surface area contributed by atoms with Gasteiger partial charge in [-0.05, 0) is 48.4 Å². The molecule has 132 valence electrons. The first-order valence-electron chi connectivity index (χ1n) is 8.25. The van der Waals surface area contributed by atoms with Crippen LogP contribution in [0.2, 0.25) is 0 Å². The van der Waals surface area contributed by atoms with Gasteiger partial charge in [-0.2, -0.15) is 0 Å². The third kappa shape index (κ3) is 6.18. The molecular weight excluding hydrogens is 318 g/mol. The molecule has 0 spiro atoms. The van der Waals surface area contributed by atoms with Crippen LogP contribution in [0.15, 0.2) is 48.5 Å². The summed E-state index contributed by atoms with van der Waals surface area (Å²) in [7, 11) is 0. The van der Waals surface area contributed by atoms with Crippen molar-refractivity contribution in [2.75, 3.05) is 11.9 Å². The fraction of sp³-hybridized carbons (Fsp3) is 0.263. The largest absolute Gasteiger partial charge is 0.494 e. The molecule has 6 heteroatoms. The second-order valence-corrected chi connectivity index (χ2v) is 5.60. The molecule has 0 heterocycles. The number of ether oxygens (including phenoxy) is 1. The quantitative estimate of drug-likeness (QED) is 0.643. The second kappa shape index (κ2) is 9.32. The van der Waals surface area contributed by atoms with Gasteiger partial charge in [0.2, 0.25) is 0 Å². The molecule has 2 rings (SSSR count). The summed E-state index contributed by atoms with van der Waals surface area (Å²) in [6.45, 7) is 3.19. The van der Waals surface area contributed by atoms with E-state index >= 15 is 0 Å².